The van der Waals surface area contributed by atoms with Crippen LogP contribution in [0.15, 0.2) is 42.5 Å². The molecule has 0 N–H and O–H groups in total. The number of hydrogen-bond donors (Lipinski definition) is 0. The Hall–Kier alpha value is -2.87. The molecule has 1 saturated carbocycles. The van der Waals surface area contributed by atoms with E-state index in [0.717, 1.165) is 23.3 Å². The number of alkyl halides is 3. The van der Waals surface area contributed by atoms with Gasteiger partial charge in [0.2, 0.25) is 17.7 Å². The van der Waals surface area contributed by atoms with Gasteiger partial charge in [0.25, 0.3) is 0 Å². The second kappa shape index (κ2) is 8.12. The van der Waals surface area contributed by atoms with Crippen molar-refractivity contribution in [2.75, 3.05) is 6.54 Å². The van der Waals surface area contributed by atoms with Crippen molar-refractivity contribution in [3.8, 4) is 0 Å². The lowest BCUT2D eigenvalue weighted by Gasteiger charge is -2.33. The van der Waals surface area contributed by atoms with Gasteiger partial charge in [-0.1, -0.05) is 41.9 Å². The Kier molecular flexibility index (Phi) is 5.47. The van der Waals surface area contributed by atoms with Gasteiger partial charge in [-0.25, -0.2) is 0 Å². The first kappa shape index (κ1) is 22.9. The zero-order chi connectivity index (χ0) is 24.3. The Bertz CT molecular complexity index is 1190. The maximum absolute atomic E-state index is 13.6. The molecule has 0 spiro atoms. The third kappa shape index (κ3) is 3.87. The molecule has 1 atom stereocenters. The van der Waals surface area contributed by atoms with E-state index < -0.39 is 29.0 Å². The number of halogens is 4. The summed E-state index contributed by atoms with van der Waals surface area (Å²) in [5, 5.41) is 0.627. The van der Waals surface area contributed by atoms with Gasteiger partial charge in [-0.15, -0.1) is 0 Å². The highest BCUT2D eigenvalue weighted by Crippen LogP contribution is 2.45. The average molecular weight is 491 g/mol. The van der Waals surface area contributed by atoms with Crippen LogP contribution >= 0.6 is 11.6 Å². The molecule has 34 heavy (non-hydrogen) atoms. The first-order valence-corrected chi connectivity index (χ1v) is 11.6. The summed E-state index contributed by atoms with van der Waals surface area (Å²) in [6.45, 7) is 0.671. The first-order chi connectivity index (χ1) is 16.1. The number of carbonyl (C=O) groups is 3. The number of carbonyl (C=O) groups excluding carboxylic acids is 3. The zero-order valence-corrected chi connectivity index (χ0v) is 19.0. The lowest BCUT2D eigenvalue weighted by Crippen LogP contribution is -2.45. The second-order valence-corrected chi connectivity index (χ2v) is 9.66. The standard InChI is InChI=1S/C25H22ClF3N2O3/c26-20-6-1-3-15-14-30(10-9-19(15)20)21(32)12-24(13-22(33)31(23(24)34)18-7-8-18)16-4-2-5-17(11-16)25(27,28)29/h1-6,11,18H,7-10,12-14H2/t24-/m0/s1. The maximum Gasteiger partial charge on any atom is 0.416 e. The summed E-state index contributed by atoms with van der Waals surface area (Å²) in [5.74, 6) is -1.39. The third-order valence-corrected chi connectivity index (χ3v) is 7.37. The molecule has 2 aliphatic heterocycles. The minimum Gasteiger partial charge on any atom is -0.338 e. The summed E-state index contributed by atoms with van der Waals surface area (Å²) >= 11 is 6.26. The van der Waals surface area contributed by atoms with Gasteiger partial charge in [-0.3, -0.25) is 19.3 Å². The van der Waals surface area contributed by atoms with E-state index in [0.29, 0.717) is 37.4 Å². The lowest BCUT2D eigenvalue weighted by molar-refractivity contribution is -0.143. The van der Waals surface area contributed by atoms with E-state index in [4.69, 9.17) is 11.6 Å². The van der Waals surface area contributed by atoms with Crippen molar-refractivity contribution in [1.29, 1.82) is 0 Å². The second-order valence-electron chi connectivity index (χ2n) is 9.26. The molecule has 9 heteroatoms. The van der Waals surface area contributed by atoms with Gasteiger partial charge < -0.3 is 4.90 Å². The predicted molar refractivity (Wildman–Crippen MR) is 118 cm³/mol. The van der Waals surface area contributed by atoms with Gasteiger partial charge >= 0.3 is 6.18 Å². The monoisotopic (exact) mass is 490 g/mol. The minimum absolute atomic E-state index is 0.0534. The number of imide groups is 1. The Morgan fingerprint density at radius 3 is 2.56 bits per heavy atom. The molecule has 178 valence electrons. The summed E-state index contributed by atoms with van der Waals surface area (Å²) < 4.78 is 40.3. The Labute approximate surface area is 199 Å². The van der Waals surface area contributed by atoms with E-state index in [2.05, 4.69) is 0 Å². The Morgan fingerprint density at radius 1 is 1.12 bits per heavy atom. The van der Waals surface area contributed by atoms with E-state index in [1.165, 1.54) is 17.0 Å². The lowest BCUT2D eigenvalue weighted by atomic mass is 9.75. The van der Waals surface area contributed by atoms with Crippen LogP contribution in [0, 0.1) is 0 Å². The van der Waals surface area contributed by atoms with Crippen molar-refractivity contribution < 1.29 is 27.6 Å². The number of hydrogen-bond acceptors (Lipinski definition) is 3. The summed E-state index contributed by atoms with van der Waals surface area (Å²) in [6, 6.07) is 9.69. The van der Waals surface area contributed by atoms with Crippen LogP contribution in [0.1, 0.15) is 47.9 Å². The molecule has 2 aromatic rings. The SMILES string of the molecule is O=C(C[C@@]1(c2cccc(C(F)(F)F)c2)CC(=O)N(C2CC2)C1=O)N1CCc2c(Cl)cccc2C1. The highest BCUT2D eigenvalue weighted by atomic mass is 35.5. The topological polar surface area (TPSA) is 57.7 Å². The molecule has 2 aromatic carbocycles. The van der Waals surface area contributed by atoms with Gasteiger partial charge in [-0.05, 0) is 48.1 Å². The summed E-state index contributed by atoms with van der Waals surface area (Å²) in [5.41, 5.74) is -0.644. The molecule has 5 nitrogen and oxygen atoms in total. The number of benzene rings is 2. The summed E-state index contributed by atoms with van der Waals surface area (Å²) in [4.78, 5) is 42.6. The highest BCUT2D eigenvalue weighted by molar-refractivity contribution is 6.31. The van der Waals surface area contributed by atoms with E-state index in [1.54, 1.807) is 17.0 Å². The van der Waals surface area contributed by atoms with Crippen LogP contribution in [0.3, 0.4) is 0 Å². The Balaban J connectivity index is 1.50. The molecule has 3 aliphatic rings. The van der Waals surface area contributed by atoms with Crippen LogP contribution in [-0.2, 0) is 38.9 Å². The fraction of sp³-hybridized carbons (Fsp3) is 0.400. The quantitative estimate of drug-likeness (QED) is 0.593. The van der Waals surface area contributed by atoms with Gasteiger partial charge in [0.1, 0.15) is 0 Å². The molecule has 1 saturated heterocycles. The first-order valence-electron chi connectivity index (χ1n) is 11.2. The number of nitrogens with zero attached hydrogens (tertiary/aromatic N) is 2. The highest BCUT2D eigenvalue weighted by Gasteiger charge is 2.57. The maximum atomic E-state index is 13.6. The average Bonchev–Trinajstić information content (AvgIpc) is 3.59. The van der Waals surface area contributed by atoms with Crippen LogP contribution < -0.4 is 0 Å². The fourth-order valence-electron chi connectivity index (χ4n) is 5.07. The molecular weight excluding hydrogens is 469 g/mol. The predicted octanol–water partition coefficient (Wildman–Crippen LogP) is 4.49. The smallest absolute Gasteiger partial charge is 0.338 e. The van der Waals surface area contributed by atoms with Gasteiger partial charge in [0, 0.05) is 37.0 Å². The van der Waals surface area contributed by atoms with Crippen molar-refractivity contribution in [3.63, 3.8) is 0 Å². The third-order valence-electron chi connectivity index (χ3n) is 7.02. The van der Waals surface area contributed by atoms with Gasteiger partial charge in [-0.2, -0.15) is 13.2 Å². The van der Waals surface area contributed by atoms with Crippen molar-refractivity contribution in [2.45, 2.75) is 56.3 Å². The largest absolute Gasteiger partial charge is 0.416 e. The summed E-state index contributed by atoms with van der Waals surface area (Å²) in [6.07, 6.45) is -3.40. The van der Waals surface area contributed by atoms with Crippen LogP contribution in [0.4, 0.5) is 13.2 Å². The molecule has 0 unspecified atom stereocenters. The summed E-state index contributed by atoms with van der Waals surface area (Å²) in [7, 11) is 0. The minimum atomic E-state index is -4.61. The van der Waals surface area contributed by atoms with Crippen molar-refractivity contribution in [3.05, 3.63) is 69.7 Å². The van der Waals surface area contributed by atoms with Gasteiger partial charge in [0.15, 0.2) is 0 Å². The number of likely N-dealkylation sites (tertiary alicyclic amines) is 1. The molecular formula is C25H22ClF3N2O3. The van der Waals surface area contributed by atoms with Gasteiger partial charge in [0.05, 0.1) is 11.0 Å². The molecule has 0 radical (unpaired) electrons. The van der Waals surface area contributed by atoms with E-state index in [9.17, 15) is 27.6 Å². The number of fused-ring (bicyclic) bond motifs is 1. The molecule has 2 fully saturated rings. The molecule has 0 aromatic heterocycles. The molecule has 3 amide bonds. The molecule has 1 aliphatic carbocycles. The van der Waals surface area contributed by atoms with E-state index >= 15 is 0 Å². The Morgan fingerprint density at radius 2 is 1.85 bits per heavy atom. The molecule has 2 heterocycles. The van der Waals surface area contributed by atoms with Crippen LogP contribution in [0.5, 0.6) is 0 Å². The van der Waals surface area contributed by atoms with Crippen molar-refractivity contribution in [2.24, 2.45) is 0 Å². The number of amides is 3. The zero-order valence-electron chi connectivity index (χ0n) is 18.2. The fourth-order valence-corrected chi connectivity index (χ4v) is 5.36. The molecule has 0 bridgehead atoms. The normalized spacial score (nSPS) is 22.8. The van der Waals surface area contributed by atoms with Crippen molar-refractivity contribution in [1.82, 2.24) is 9.80 Å². The van der Waals surface area contributed by atoms with E-state index in [-0.39, 0.29) is 30.4 Å². The van der Waals surface area contributed by atoms with Crippen molar-refractivity contribution >= 4 is 29.3 Å². The van der Waals surface area contributed by atoms with Crippen LogP contribution in [-0.4, -0.2) is 40.1 Å². The number of rotatable bonds is 4. The van der Waals surface area contributed by atoms with Crippen LogP contribution in [0.25, 0.3) is 0 Å². The molecule has 5 rings (SSSR count). The van der Waals surface area contributed by atoms with Crippen LogP contribution in [0.2, 0.25) is 5.02 Å². The van der Waals surface area contributed by atoms with E-state index in [1.807, 2.05) is 6.07 Å².